The van der Waals surface area contributed by atoms with Crippen LogP contribution in [0, 0.1) is 0 Å². The number of rotatable bonds is 5. The quantitative estimate of drug-likeness (QED) is 0.660. The van der Waals surface area contributed by atoms with Gasteiger partial charge in [-0.15, -0.1) is 0 Å². The number of carbonyl (C=O) groups excluding carboxylic acids is 1. The Kier molecular flexibility index (Phi) is 4.68. The standard InChI is InChI=1S/C21H28N6O4S/c1-13-11-22-20-26(12-14-9-18(28)25(4)24(14)3)19(29)16-10-15(5-6-17(16)27(13)20)32(30,31)23-21(2)7-8-21/h5-6,9-10,13,18,23,28H,7-8,11-12H2,1-4H3/t13-,18?/m1/s1. The third kappa shape index (κ3) is 3.31. The molecule has 11 heteroatoms. The number of aliphatic hydroxyl groups is 1. The first kappa shape index (κ1) is 21.4. The minimum Gasteiger partial charge on any atom is -0.373 e. The van der Waals surface area contributed by atoms with Gasteiger partial charge in [0.25, 0.3) is 5.91 Å². The second kappa shape index (κ2) is 7.01. The lowest BCUT2D eigenvalue weighted by molar-refractivity contribution is -0.0400. The van der Waals surface area contributed by atoms with Crippen molar-refractivity contribution in [2.45, 2.75) is 49.4 Å². The first-order valence-electron chi connectivity index (χ1n) is 10.7. The van der Waals surface area contributed by atoms with Crippen LogP contribution in [0.15, 0.2) is 39.9 Å². The van der Waals surface area contributed by atoms with Crippen LogP contribution in [0.3, 0.4) is 0 Å². The van der Waals surface area contributed by atoms with Gasteiger partial charge >= 0.3 is 0 Å². The molecule has 10 nitrogen and oxygen atoms in total. The minimum absolute atomic E-state index is 0.0360. The molecule has 1 amide bonds. The van der Waals surface area contributed by atoms with Crippen molar-refractivity contribution in [2.24, 2.45) is 4.99 Å². The Balaban J connectivity index is 1.53. The Bertz CT molecular complexity index is 1160. The Morgan fingerprint density at radius 2 is 2.00 bits per heavy atom. The van der Waals surface area contributed by atoms with Crippen LogP contribution in [0.25, 0.3) is 0 Å². The van der Waals surface area contributed by atoms with Gasteiger partial charge in [-0.2, -0.15) is 5.01 Å². The lowest BCUT2D eigenvalue weighted by atomic mass is 10.1. The van der Waals surface area contributed by atoms with E-state index in [0.717, 1.165) is 18.5 Å². The maximum atomic E-state index is 13.6. The number of hydrazine groups is 1. The topological polar surface area (TPSA) is 109 Å². The van der Waals surface area contributed by atoms with Crippen molar-refractivity contribution in [3.05, 3.63) is 35.5 Å². The summed E-state index contributed by atoms with van der Waals surface area (Å²) in [6.45, 7) is 4.65. The summed E-state index contributed by atoms with van der Waals surface area (Å²) in [5.74, 6) is 0.240. The first-order chi connectivity index (χ1) is 15.0. The number of guanidine groups is 1. The molecule has 1 aromatic rings. The summed E-state index contributed by atoms with van der Waals surface area (Å²) in [4.78, 5) is 21.8. The van der Waals surface area contributed by atoms with Gasteiger partial charge in [-0.1, -0.05) is 0 Å². The molecule has 1 aliphatic carbocycles. The van der Waals surface area contributed by atoms with E-state index in [4.69, 9.17) is 0 Å². The van der Waals surface area contributed by atoms with Crippen molar-refractivity contribution >= 4 is 27.6 Å². The van der Waals surface area contributed by atoms with Gasteiger partial charge in [0.05, 0.1) is 35.3 Å². The average Bonchev–Trinajstić information content (AvgIpc) is 3.24. The van der Waals surface area contributed by atoms with Crippen molar-refractivity contribution in [3.8, 4) is 0 Å². The molecule has 2 N–H and O–H groups in total. The summed E-state index contributed by atoms with van der Waals surface area (Å²) in [6, 6.07) is 4.75. The highest BCUT2D eigenvalue weighted by Gasteiger charge is 2.44. The first-order valence-corrected chi connectivity index (χ1v) is 12.2. The van der Waals surface area contributed by atoms with Gasteiger partial charge in [0.15, 0.2) is 0 Å². The maximum absolute atomic E-state index is 13.6. The van der Waals surface area contributed by atoms with Crippen molar-refractivity contribution in [1.82, 2.24) is 19.6 Å². The molecular weight excluding hydrogens is 432 g/mol. The van der Waals surface area contributed by atoms with Gasteiger partial charge in [0.2, 0.25) is 16.0 Å². The van der Waals surface area contributed by atoms with Crippen molar-refractivity contribution in [3.63, 3.8) is 0 Å². The zero-order valence-electron chi connectivity index (χ0n) is 18.6. The fourth-order valence-corrected chi connectivity index (χ4v) is 5.82. The molecule has 1 fully saturated rings. The molecule has 0 radical (unpaired) electrons. The molecule has 0 aromatic heterocycles. The molecule has 0 spiro atoms. The highest BCUT2D eigenvalue weighted by molar-refractivity contribution is 7.89. The molecule has 1 saturated carbocycles. The molecule has 0 saturated heterocycles. The lowest BCUT2D eigenvalue weighted by Crippen LogP contribution is -2.53. The Hall–Kier alpha value is -2.47. The normalized spacial score (nSPS) is 26.8. The zero-order chi connectivity index (χ0) is 23.0. The van der Waals surface area contributed by atoms with Crippen LogP contribution >= 0.6 is 0 Å². The number of nitrogens with one attached hydrogen (secondary N) is 1. The Labute approximate surface area is 187 Å². The monoisotopic (exact) mass is 460 g/mol. The van der Waals surface area contributed by atoms with Crippen molar-refractivity contribution in [1.29, 1.82) is 0 Å². The fraction of sp³-hybridized carbons (Fsp3) is 0.524. The van der Waals surface area contributed by atoms with Gasteiger partial charge < -0.3 is 15.0 Å². The number of aliphatic imine (C=N–C) groups is 1. The molecule has 0 bridgehead atoms. The summed E-state index contributed by atoms with van der Waals surface area (Å²) in [7, 11) is -0.167. The molecule has 1 aromatic carbocycles. The predicted molar refractivity (Wildman–Crippen MR) is 119 cm³/mol. The molecule has 172 valence electrons. The summed E-state index contributed by atoms with van der Waals surface area (Å²) in [5, 5.41) is 13.6. The van der Waals surface area contributed by atoms with Gasteiger partial charge in [-0.25, -0.2) is 13.1 Å². The van der Waals surface area contributed by atoms with E-state index in [-0.39, 0.29) is 23.4 Å². The van der Waals surface area contributed by atoms with E-state index < -0.39 is 21.8 Å². The molecule has 4 aliphatic rings. The number of hydrogen-bond acceptors (Lipinski definition) is 8. The number of aliphatic hydroxyl groups excluding tert-OH is 1. The minimum atomic E-state index is -3.74. The van der Waals surface area contributed by atoms with Gasteiger partial charge in [0, 0.05) is 25.3 Å². The zero-order valence-corrected chi connectivity index (χ0v) is 19.4. The van der Waals surface area contributed by atoms with E-state index in [1.165, 1.54) is 6.07 Å². The van der Waals surface area contributed by atoms with E-state index >= 15 is 0 Å². The average molecular weight is 461 g/mol. The second-order valence-electron chi connectivity index (χ2n) is 9.27. The number of benzene rings is 1. The number of amides is 1. The number of anilines is 1. The van der Waals surface area contributed by atoms with Crippen molar-refractivity contribution in [2.75, 3.05) is 32.1 Å². The largest absolute Gasteiger partial charge is 0.373 e. The summed E-state index contributed by atoms with van der Waals surface area (Å²) >= 11 is 0. The van der Waals surface area contributed by atoms with Gasteiger partial charge in [-0.3, -0.25) is 14.7 Å². The van der Waals surface area contributed by atoms with Crippen LogP contribution in [0.2, 0.25) is 0 Å². The molecule has 5 rings (SSSR count). The van der Waals surface area contributed by atoms with Crippen LogP contribution in [-0.2, 0) is 10.0 Å². The fourth-order valence-electron chi connectivity index (χ4n) is 4.33. The number of sulfonamides is 1. The summed E-state index contributed by atoms with van der Waals surface area (Å²) in [5.41, 5.74) is 1.35. The van der Waals surface area contributed by atoms with Crippen LogP contribution in [0.5, 0.6) is 0 Å². The molecule has 3 aliphatic heterocycles. The van der Waals surface area contributed by atoms with E-state index in [0.29, 0.717) is 23.8 Å². The lowest BCUT2D eigenvalue weighted by Gasteiger charge is -2.39. The van der Waals surface area contributed by atoms with Crippen LogP contribution in [0.1, 0.15) is 37.0 Å². The summed E-state index contributed by atoms with van der Waals surface area (Å²) < 4.78 is 28.6. The predicted octanol–water partition coefficient (Wildman–Crippen LogP) is 0.532. The molecule has 3 heterocycles. The Morgan fingerprint density at radius 1 is 1.28 bits per heavy atom. The SMILES string of the molecule is C[C@@H]1CN=C2N(CC3=CC(O)N(C)N3C)C(=O)c3cc(S(=O)(=O)NC4(C)CC4)ccc3N21. The maximum Gasteiger partial charge on any atom is 0.263 e. The number of hydrogen-bond donors (Lipinski definition) is 2. The van der Waals surface area contributed by atoms with E-state index in [1.807, 2.05) is 25.8 Å². The number of carbonyl (C=O) groups is 1. The number of fused-ring (bicyclic) bond motifs is 3. The van der Waals surface area contributed by atoms with E-state index in [2.05, 4.69) is 9.71 Å². The van der Waals surface area contributed by atoms with Crippen LogP contribution < -0.4 is 9.62 Å². The smallest absolute Gasteiger partial charge is 0.263 e. The number of nitrogens with zero attached hydrogens (tertiary/aromatic N) is 5. The third-order valence-electron chi connectivity index (χ3n) is 6.72. The third-order valence-corrected chi connectivity index (χ3v) is 8.36. The molecule has 32 heavy (non-hydrogen) atoms. The van der Waals surface area contributed by atoms with E-state index in [1.54, 1.807) is 40.2 Å². The van der Waals surface area contributed by atoms with Gasteiger partial charge in [-0.05, 0) is 51.0 Å². The highest BCUT2D eigenvalue weighted by Crippen LogP contribution is 2.38. The van der Waals surface area contributed by atoms with Gasteiger partial charge in [0.1, 0.15) is 6.23 Å². The van der Waals surface area contributed by atoms with E-state index in [9.17, 15) is 18.3 Å². The molecule has 2 atom stereocenters. The van der Waals surface area contributed by atoms with Crippen LogP contribution in [0.4, 0.5) is 5.69 Å². The second-order valence-corrected chi connectivity index (χ2v) is 10.9. The molecule has 1 unspecified atom stereocenters. The van der Waals surface area contributed by atoms with Crippen molar-refractivity contribution < 1.29 is 18.3 Å². The van der Waals surface area contributed by atoms with Crippen LogP contribution in [-0.4, -0.2) is 85.3 Å². The molecular formula is C21H28N6O4S. The highest BCUT2D eigenvalue weighted by atomic mass is 32.2. The Morgan fingerprint density at radius 3 is 2.62 bits per heavy atom. The summed E-state index contributed by atoms with van der Waals surface area (Å²) in [6.07, 6.45) is 2.53. The number of likely N-dealkylation sites (N-methyl/N-ethyl adjacent to an activating group) is 2.